The van der Waals surface area contributed by atoms with Gasteiger partial charge in [-0.3, -0.25) is 14.7 Å². The summed E-state index contributed by atoms with van der Waals surface area (Å²) in [6.45, 7) is 9.32. The summed E-state index contributed by atoms with van der Waals surface area (Å²) in [4.78, 5) is 28.6. The van der Waals surface area contributed by atoms with Crippen molar-refractivity contribution < 1.29 is 9.53 Å². The molecule has 5 rings (SSSR count). The van der Waals surface area contributed by atoms with Crippen LogP contribution in [0.3, 0.4) is 0 Å². The number of aryl methyl sites for hydroxylation is 2. The molecule has 0 spiro atoms. The van der Waals surface area contributed by atoms with Crippen LogP contribution in [0, 0.1) is 6.92 Å². The van der Waals surface area contributed by atoms with Gasteiger partial charge in [-0.2, -0.15) is 9.78 Å². The van der Waals surface area contributed by atoms with Gasteiger partial charge in [-0.25, -0.2) is 9.97 Å². The Bertz CT molecular complexity index is 1450. The first-order valence-electron chi connectivity index (χ1n) is 14.1. The predicted molar refractivity (Wildman–Crippen MR) is 160 cm³/mol. The number of rotatable bonds is 12. The minimum absolute atomic E-state index is 0.167. The molecule has 41 heavy (non-hydrogen) atoms. The molecule has 0 bridgehead atoms. The normalized spacial score (nSPS) is 13.6. The molecule has 214 valence electrons. The maximum absolute atomic E-state index is 13.0. The highest BCUT2D eigenvalue weighted by atomic mass is 16.5. The molecule has 0 aliphatic carbocycles. The number of morpholine rings is 1. The van der Waals surface area contributed by atoms with E-state index in [-0.39, 0.29) is 5.91 Å². The van der Waals surface area contributed by atoms with Crippen molar-refractivity contribution in [2.45, 2.75) is 33.1 Å². The Morgan fingerprint density at radius 1 is 1.02 bits per heavy atom. The number of amides is 1. The van der Waals surface area contributed by atoms with E-state index >= 15 is 0 Å². The fourth-order valence-corrected chi connectivity index (χ4v) is 4.60. The summed E-state index contributed by atoms with van der Waals surface area (Å²) >= 11 is 0. The van der Waals surface area contributed by atoms with Crippen LogP contribution in [0.5, 0.6) is 0 Å². The standard InChI is InChI=1S/C30H37N9O2/c1-3-4-5-24-18-23(8-10-31-24)30(40)36-25-7-6-22(2)26(19-25)37-28-9-11-35-39(28)29-20-27(33-21-34-29)32-12-13-38-14-16-41-17-15-38/h6-11,18-21,37H,3-5,12-17H2,1-2H3,(H,36,40)(H,32,33,34). The van der Waals surface area contributed by atoms with Gasteiger partial charge in [-0.05, 0) is 49.6 Å². The van der Waals surface area contributed by atoms with Gasteiger partial charge in [0.2, 0.25) is 0 Å². The third-order valence-corrected chi connectivity index (χ3v) is 6.97. The molecule has 3 N–H and O–H groups in total. The molecule has 1 aromatic carbocycles. The Kier molecular flexibility index (Phi) is 9.50. The SMILES string of the molecule is CCCCc1cc(C(=O)Nc2ccc(C)c(Nc3ccnn3-c3cc(NCCN4CCOCC4)ncn3)c2)ccn1. The Morgan fingerprint density at radius 3 is 2.76 bits per heavy atom. The van der Waals surface area contributed by atoms with Crippen molar-refractivity contribution in [3.8, 4) is 5.82 Å². The molecule has 4 heterocycles. The first kappa shape index (κ1) is 28.2. The first-order chi connectivity index (χ1) is 20.1. The lowest BCUT2D eigenvalue weighted by molar-refractivity contribution is 0.0398. The van der Waals surface area contributed by atoms with Gasteiger partial charge in [0, 0.05) is 67.1 Å². The van der Waals surface area contributed by atoms with Crippen LogP contribution in [0.15, 0.2) is 61.2 Å². The highest BCUT2D eigenvalue weighted by molar-refractivity contribution is 6.04. The average Bonchev–Trinajstić information content (AvgIpc) is 3.47. The molecule has 1 aliphatic rings. The largest absolute Gasteiger partial charge is 0.379 e. The molecule has 4 aromatic rings. The van der Waals surface area contributed by atoms with E-state index in [2.05, 4.69) is 47.8 Å². The number of benzene rings is 1. The van der Waals surface area contributed by atoms with Crippen molar-refractivity contribution in [1.29, 1.82) is 0 Å². The third kappa shape index (κ3) is 7.65. The van der Waals surface area contributed by atoms with Gasteiger partial charge in [0.05, 0.1) is 19.4 Å². The van der Waals surface area contributed by atoms with Crippen molar-refractivity contribution in [2.75, 3.05) is 55.3 Å². The Labute approximate surface area is 240 Å². The van der Waals surface area contributed by atoms with Gasteiger partial charge in [-0.15, -0.1) is 0 Å². The van der Waals surface area contributed by atoms with Gasteiger partial charge in [0.1, 0.15) is 18.0 Å². The van der Waals surface area contributed by atoms with Crippen molar-refractivity contribution >= 4 is 28.9 Å². The zero-order valence-corrected chi connectivity index (χ0v) is 23.6. The summed E-state index contributed by atoms with van der Waals surface area (Å²) in [5.74, 6) is 1.95. The molecule has 0 unspecified atom stereocenters. The number of carbonyl (C=O) groups excluding carboxylic acids is 1. The number of aromatic nitrogens is 5. The molecular weight excluding hydrogens is 518 g/mol. The Morgan fingerprint density at radius 2 is 1.90 bits per heavy atom. The summed E-state index contributed by atoms with van der Waals surface area (Å²) in [6.07, 6.45) is 7.94. The van der Waals surface area contributed by atoms with Gasteiger partial charge in [0.25, 0.3) is 5.91 Å². The fraction of sp³-hybridized carbons (Fsp3) is 0.367. The van der Waals surface area contributed by atoms with Crippen LogP contribution in [-0.2, 0) is 11.2 Å². The van der Waals surface area contributed by atoms with E-state index in [0.29, 0.717) is 17.1 Å². The lowest BCUT2D eigenvalue weighted by atomic mass is 10.1. The average molecular weight is 556 g/mol. The van der Waals surface area contributed by atoms with E-state index < -0.39 is 0 Å². The van der Waals surface area contributed by atoms with Crippen LogP contribution in [-0.4, -0.2) is 74.9 Å². The second-order valence-electron chi connectivity index (χ2n) is 10.0. The highest BCUT2D eigenvalue weighted by Gasteiger charge is 2.13. The molecule has 0 saturated carbocycles. The van der Waals surface area contributed by atoms with Crippen molar-refractivity contribution in [3.63, 3.8) is 0 Å². The van der Waals surface area contributed by atoms with Gasteiger partial charge >= 0.3 is 0 Å². The van der Waals surface area contributed by atoms with Crippen LogP contribution in [0.1, 0.15) is 41.4 Å². The van der Waals surface area contributed by atoms with E-state index in [0.717, 1.165) is 87.2 Å². The van der Waals surface area contributed by atoms with Crippen LogP contribution in [0.25, 0.3) is 5.82 Å². The Balaban J connectivity index is 1.25. The molecule has 1 aliphatic heterocycles. The monoisotopic (exact) mass is 555 g/mol. The number of hydrogen-bond donors (Lipinski definition) is 3. The lowest BCUT2D eigenvalue weighted by Gasteiger charge is -2.26. The molecule has 0 radical (unpaired) electrons. The quantitative estimate of drug-likeness (QED) is 0.233. The van der Waals surface area contributed by atoms with Crippen LogP contribution in [0.4, 0.5) is 23.0 Å². The smallest absolute Gasteiger partial charge is 0.255 e. The van der Waals surface area contributed by atoms with Crippen molar-refractivity contribution in [1.82, 2.24) is 29.6 Å². The van der Waals surface area contributed by atoms with E-state index in [1.807, 2.05) is 43.3 Å². The number of pyridine rings is 1. The lowest BCUT2D eigenvalue weighted by Crippen LogP contribution is -2.39. The summed E-state index contributed by atoms with van der Waals surface area (Å²) in [5.41, 5.74) is 4.09. The van der Waals surface area contributed by atoms with E-state index in [1.54, 1.807) is 23.1 Å². The molecule has 0 atom stereocenters. The summed E-state index contributed by atoms with van der Waals surface area (Å²) in [7, 11) is 0. The van der Waals surface area contributed by atoms with Crippen LogP contribution < -0.4 is 16.0 Å². The number of nitrogens with zero attached hydrogens (tertiary/aromatic N) is 6. The second-order valence-corrected chi connectivity index (χ2v) is 10.0. The number of unbranched alkanes of at least 4 members (excludes halogenated alkanes) is 1. The van der Waals surface area contributed by atoms with Crippen LogP contribution in [0.2, 0.25) is 0 Å². The van der Waals surface area contributed by atoms with E-state index in [9.17, 15) is 4.79 Å². The molecule has 1 saturated heterocycles. The predicted octanol–water partition coefficient (Wildman–Crippen LogP) is 4.45. The number of hydrogen-bond acceptors (Lipinski definition) is 9. The summed E-state index contributed by atoms with van der Waals surface area (Å²) in [5, 5.41) is 14.3. The second kappa shape index (κ2) is 13.8. The number of anilines is 4. The van der Waals surface area contributed by atoms with Gasteiger partial charge < -0.3 is 20.7 Å². The van der Waals surface area contributed by atoms with E-state index in [1.165, 1.54) is 6.33 Å². The summed E-state index contributed by atoms with van der Waals surface area (Å²) in [6, 6.07) is 13.2. The minimum atomic E-state index is -0.167. The molecule has 1 amide bonds. The zero-order chi connectivity index (χ0) is 28.4. The molecule has 3 aromatic heterocycles. The summed E-state index contributed by atoms with van der Waals surface area (Å²) < 4.78 is 7.15. The number of ether oxygens (including phenoxy) is 1. The van der Waals surface area contributed by atoms with Gasteiger partial charge in [-0.1, -0.05) is 19.4 Å². The molecule has 11 nitrogen and oxygen atoms in total. The maximum atomic E-state index is 13.0. The minimum Gasteiger partial charge on any atom is -0.379 e. The number of nitrogens with one attached hydrogen (secondary N) is 3. The fourth-order valence-electron chi connectivity index (χ4n) is 4.60. The van der Waals surface area contributed by atoms with E-state index in [4.69, 9.17) is 4.74 Å². The topological polar surface area (TPSA) is 122 Å². The van der Waals surface area contributed by atoms with Gasteiger partial charge in [0.15, 0.2) is 5.82 Å². The number of carbonyl (C=O) groups is 1. The zero-order valence-electron chi connectivity index (χ0n) is 23.6. The first-order valence-corrected chi connectivity index (χ1v) is 14.1. The Hall–Kier alpha value is -4.35. The molecule has 1 fully saturated rings. The molecule has 11 heteroatoms. The van der Waals surface area contributed by atoms with Crippen molar-refractivity contribution in [2.24, 2.45) is 0 Å². The third-order valence-electron chi connectivity index (χ3n) is 6.97. The molecular formula is C30H37N9O2. The maximum Gasteiger partial charge on any atom is 0.255 e. The van der Waals surface area contributed by atoms with Crippen molar-refractivity contribution in [3.05, 3.63) is 78.0 Å². The highest BCUT2D eigenvalue weighted by Crippen LogP contribution is 2.26. The van der Waals surface area contributed by atoms with Crippen LogP contribution >= 0.6 is 0 Å².